The van der Waals surface area contributed by atoms with E-state index < -0.39 is 12.1 Å². The molecule has 0 bridgehead atoms. The second-order valence-electron chi connectivity index (χ2n) is 21.0. The first-order valence-corrected chi connectivity index (χ1v) is 30.7. The lowest BCUT2D eigenvalue weighted by atomic mass is 10.0. The van der Waals surface area contributed by atoms with Crippen molar-refractivity contribution in [2.75, 3.05) is 13.2 Å². The van der Waals surface area contributed by atoms with Gasteiger partial charge in [0.05, 0.1) is 25.4 Å². The highest BCUT2D eigenvalue weighted by atomic mass is 16.5. The van der Waals surface area contributed by atoms with Gasteiger partial charge in [0.15, 0.2) is 0 Å². The molecular formula is C63H119NO5. The summed E-state index contributed by atoms with van der Waals surface area (Å²) in [6, 6.07) is -0.565. The average molecular weight is 971 g/mol. The SMILES string of the molecule is CCCCCC/C=C\C/C=C\CCCCCCCC(=O)OCCCC/C=C\CCCCCCCC(=O)NC(CO)C(O)CCCCCCCCCCCCCCCCCCCCCCCCCCC. The number of carbonyl (C=O) groups excluding carboxylic acids is 2. The van der Waals surface area contributed by atoms with Gasteiger partial charge in [0.1, 0.15) is 0 Å². The highest BCUT2D eigenvalue weighted by Crippen LogP contribution is 2.18. The molecule has 0 spiro atoms. The number of esters is 1. The van der Waals surface area contributed by atoms with Gasteiger partial charge in [-0.2, -0.15) is 0 Å². The Morgan fingerprint density at radius 1 is 0.406 bits per heavy atom. The molecule has 3 N–H and O–H groups in total. The molecule has 0 fully saturated rings. The number of rotatable bonds is 57. The van der Waals surface area contributed by atoms with E-state index in [1.807, 2.05) is 0 Å². The van der Waals surface area contributed by atoms with E-state index in [1.54, 1.807) is 0 Å². The predicted molar refractivity (Wildman–Crippen MR) is 301 cm³/mol. The summed E-state index contributed by atoms with van der Waals surface area (Å²) < 4.78 is 5.44. The Morgan fingerprint density at radius 2 is 0.725 bits per heavy atom. The van der Waals surface area contributed by atoms with Crippen LogP contribution < -0.4 is 5.32 Å². The fourth-order valence-electron chi connectivity index (χ4n) is 9.43. The highest BCUT2D eigenvalue weighted by Gasteiger charge is 2.20. The van der Waals surface area contributed by atoms with E-state index in [2.05, 4.69) is 55.6 Å². The number of hydrogen-bond acceptors (Lipinski definition) is 5. The van der Waals surface area contributed by atoms with Gasteiger partial charge >= 0.3 is 5.97 Å². The van der Waals surface area contributed by atoms with Crippen LogP contribution in [0.5, 0.6) is 0 Å². The number of allylic oxidation sites excluding steroid dienone is 6. The first kappa shape index (κ1) is 67.1. The van der Waals surface area contributed by atoms with E-state index in [9.17, 15) is 19.8 Å². The Bertz CT molecular complexity index is 1120. The molecule has 2 atom stereocenters. The molecule has 0 aromatic heterocycles. The van der Waals surface area contributed by atoms with Crippen molar-refractivity contribution in [1.29, 1.82) is 0 Å². The van der Waals surface area contributed by atoms with Crippen molar-refractivity contribution in [3.63, 3.8) is 0 Å². The quantitative estimate of drug-likeness (QED) is 0.0321. The molecule has 0 radical (unpaired) electrons. The molecule has 6 nitrogen and oxygen atoms in total. The minimum atomic E-state index is -0.685. The minimum absolute atomic E-state index is 0.0439. The summed E-state index contributed by atoms with van der Waals surface area (Å²) in [5, 5.41) is 23.4. The van der Waals surface area contributed by atoms with Gasteiger partial charge in [0.2, 0.25) is 5.91 Å². The molecule has 0 aliphatic carbocycles. The van der Waals surface area contributed by atoms with Gasteiger partial charge in [-0.25, -0.2) is 0 Å². The van der Waals surface area contributed by atoms with Crippen LogP contribution >= 0.6 is 0 Å². The maximum absolute atomic E-state index is 12.5. The smallest absolute Gasteiger partial charge is 0.305 e. The summed E-state index contributed by atoms with van der Waals surface area (Å²) in [4.78, 5) is 24.6. The van der Waals surface area contributed by atoms with Crippen molar-refractivity contribution in [1.82, 2.24) is 5.32 Å². The first-order chi connectivity index (χ1) is 34.0. The number of nitrogens with one attached hydrogen (secondary N) is 1. The van der Waals surface area contributed by atoms with Crippen LogP contribution in [0.25, 0.3) is 0 Å². The minimum Gasteiger partial charge on any atom is -0.466 e. The monoisotopic (exact) mass is 970 g/mol. The van der Waals surface area contributed by atoms with Gasteiger partial charge in [0, 0.05) is 12.8 Å². The summed E-state index contributed by atoms with van der Waals surface area (Å²) in [6.45, 7) is 4.87. The summed E-state index contributed by atoms with van der Waals surface area (Å²) in [5.41, 5.74) is 0. The second kappa shape index (κ2) is 58.6. The van der Waals surface area contributed by atoms with E-state index in [4.69, 9.17) is 4.74 Å². The first-order valence-electron chi connectivity index (χ1n) is 30.7. The van der Waals surface area contributed by atoms with Crippen LogP contribution in [0.2, 0.25) is 0 Å². The number of ether oxygens (including phenoxy) is 1. The zero-order valence-electron chi connectivity index (χ0n) is 46.3. The third kappa shape index (κ3) is 55.2. The average Bonchev–Trinajstić information content (AvgIpc) is 3.35. The van der Waals surface area contributed by atoms with Crippen LogP contribution in [-0.2, 0) is 14.3 Å². The van der Waals surface area contributed by atoms with Crippen LogP contribution in [0, 0.1) is 0 Å². The molecular weight excluding hydrogens is 851 g/mol. The molecule has 0 rings (SSSR count). The molecule has 406 valence electrons. The van der Waals surface area contributed by atoms with E-state index in [0.29, 0.717) is 25.9 Å². The zero-order valence-corrected chi connectivity index (χ0v) is 46.3. The standard InChI is InChI=1S/C63H119NO5/c1-3-5-7-9-11-13-15-17-19-21-22-23-24-25-26-27-28-29-30-32-35-39-43-47-51-55-61(66)60(59-65)64-62(67)56-52-48-44-40-36-34-38-42-46-50-54-58-69-63(68)57-53-49-45-41-37-33-31-20-18-16-14-12-10-8-6-4-2/h14,16,20,31,38,42,60-61,65-66H,3-13,15,17-19,21-30,32-37,39-41,43-59H2,1-2H3,(H,64,67)/b16-14-,31-20-,42-38-. The number of unbranched alkanes of at least 4 members (excludes halogenated alkanes) is 40. The maximum Gasteiger partial charge on any atom is 0.305 e. The second-order valence-corrected chi connectivity index (χ2v) is 21.0. The van der Waals surface area contributed by atoms with Crippen molar-refractivity contribution >= 4 is 11.9 Å². The third-order valence-corrected chi connectivity index (χ3v) is 14.2. The number of aliphatic hydroxyl groups is 2. The Kier molecular flexibility index (Phi) is 57.0. The van der Waals surface area contributed by atoms with E-state index >= 15 is 0 Å². The molecule has 6 heteroatoms. The topological polar surface area (TPSA) is 95.9 Å². The van der Waals surface area contributed by atoms with Crippen molar-refractivity contribution in [3.05, 3.63) is 36.5 Å². The number of carbonyl (C=O) groups is 2. The largest absolute Gasteiger partial charge is 0.466 e. The summed E-state index contributed by atoms with van der Waals surface area (Å²) in [6.07, 6.45) is 72.9. The number of aliphatic hydroxyl groups excluding tert-OH is 2. The number of hydrogen-bond donors (Lipinski definition) is 3. The van der Waals surface area contributed by atoms with Gasteiger partial charge in [-0.15, -0.1) is 0 Å². The zero-order chi connectivity index (χ0) is 50.0. The van der Waals surface area contributed by atoms with Crippen molar-refractivity contribution in [3.8, 4) is 0 Å². The predicted octanol–water partition coefficient (Wildman–Crippen LogP) is 19.2. The lowest BCUT2D eigenvalue weighted by molar-refractivity contribution is -0.143. The van der Waals surface area contributed by atoms with Gasteiger partial charge in [0.25, 0.3) is 0 Å². The van der Waals surface area contributed by atoms with Crippen LogP contribution in [0.1, 0.15) is 328 Å². The van der Waals surface area contributed by atoms with Gasteiger partial charge in [-0.1, -0.05) is 269 Å². The third-order valence-electron chi connectivity index (χ3n) is 14.2. The molecule has 0 aromatic rings. The van der Waals surface area contributed by atoms with Crippen molar-refractivity contribution < 1.29 is 24.5 Å². The summed E-state index contributed by atoms with van der Waals surface area (Å²) in [5.74, 6) is -0.106. The number of amides is 1. The van der Waals surface area contributed by atoms with E-state index in [-0.39, 0.29) is 18.5 Å². The molecule has 0 saturated heterocycles. The molecule has 0 aliphatic rings. The Labute approximate surface area is 430 Å². The fraction of sp³-hybridized carbons (Fsp3) is 0.873. The Morgan fingerprint density at radius 3 is 1.13 bits per heavy atom. The Hall–Kier alpha value is -1.92. The van der Waals surface area contributed by atoms with E-state index in [1.165, 1.54) is 199 Å². The molecule has 0 aliphatic heterocycles. The van der Waals surface area contributed by atoms with Gasteiger partial charge in [-0.3, -0.25) is 9.59 Å². The lowest BCUT2D eigenvalue weighted by Crippen LogP contribution is -2.45. The molecule has 69 heavy (non-hydrogen) atoms. The van der Waals surface area contributed by atoms with Crippen LogP contribution in [0.4, 0.5) is 0 Å². The molecule has 2 unspecified atom stereocenters. The van der Waals surface area contributed by atoms with E-state index in [0.717, 1.165) is 96.3 Å². The molecule has 0 saturated carbocycles. The fourth-order valence-corrected chi connectivity index (χ4v) is 9.43. The molecule has 0 heterocycles. The van der Waals surface area contributed by atoms with Crippen LogP contribution in [0.3, 0.4) is 0 Å². The van der Waals surface area contributed by atoms with Crippen LogP contribution in [0.15, 0.2) is 36.5 Å². The normalized spacial score (nSPS) is 12.8. The maximum atomic E-state index is 12.5. The molecule has 0 aromatic carbocycles. The van der Waals surface area contributed by atoms with Gasteiger partial charge < -0.3 is 20.3 Å². The summed E-state index contributed by atoms with van der Waals surface area (Å²) in [7, 11) is 0. The Balaban J connectivity index is 3.50. The molecule has 1 amide bonds. The highest BCUT2D eigenvalue weighted by molar-refractivity contribution is 5.76. The lowest BCUT2D eigenvalue weighted by Gasteiger charge is -2.22. The van der Waals surface area contributed by atoms with Crippen molar-refractivity contribution in [2.24, 2.45) is 0 Å². The van der Waals surface area contributed by atoms with Crippen molar-refractivity contribution in [2.45, 2.75) is 341 Å². The summed E-state index contributed by atoms with van der Waals surface area (Å²) >= 11 is 0. The van der Waals surface area contributed by atoms with Gasteiger partial charge in [-0.05, 0) is 83.5 Å². The van der Waals surface area contributed by atoms with Crippen LogP contribution in [-0.4, -0.2) is 47.4 Å².